The molecular weight excluding hydrogens is 370 g/mol. The van der Waals surface area contributed by atoms with E-state index in [4.69, 9.17) is 0 Å². The summed E-state index contributed by atoms with van der Waals surface area (Å²) in [5, 5.41) is 13.7. The van der Waals surface area contributed by atoms with Gasteiger partial charge in [-0.25, -0.2) is 0 Å². The first kappa shape index (κ1) is 18.2. The van der Waals surface area contributed by atoms with Crippen LogP contribution in [0.2, 0.25) is 0 Å². The lowest BCUT2D eigenvalue weighted by molar-refractivity contribution is -0.119. The summed E-state index contributed by atoms with van der Waals surface area (Å²) >= 11 is 4.64. The van der Waals surface area contributed by atoms with Crippen molar-refractivity contribution in [3.8, 4) is 0 Å². The lowest BCUT2D eigenvalue weighted by atomic mass is 10.0. The molecule has 130 valence electrons. The average Bonchev–Trinajstić information content (AvgIpc) is 3.07. The lowest BCUT2D eigenvalue weighted by Crippen LogP contribution is -2.28. The van der Waals surface area contributed by atoms with Crippen molar-refractivity contribution in [1.29, 1.82) is 0 Å². The molecule has 0 saturated carbocycles. The highest BCUT2D eigenvalue weighted by Gasteiger charge is 2.12. The molecule has 0 spiro atoms. The maximum atomic E-state index is 12.2. The first-order valence-electron chi connectivity index (χ1n) is 8.03. The molecule has 7 heteroatoms. The van der Waals surface area contributed by atoms with Crippen molar-refractivity contribution in [2.45, 2.75) is 28.6 Å². The molecule has 0 aliphatic carbocycles. The third-order valence-electron chi connectivity index (χ3n) is 3.63. The summed E-state index contributed by atoms with van der Waals surface area (Å²) in [7, 11) is 0. The number of carbonyl (C=O) groups excluding carboxylic acids is 1. The molecular formula is C18H19N3OS3. The molecule has 2 aromatic carbocycles. The van der Waals surface area contributed by atoms with Gasteiger partial charge in [0.25, 0.3) is 0 Å². The standard InChI is InChI=1S/C18H19N3OS3/c1-3-23-17-20-21-18(25-17)24-11-16(22)19-12(2)14-9-8-13-6-4-5-7-15(13)10-14/h4-10,12H,3,11H2,1-2H3,(H,19,22). The Morgan fingerprint density at radius 2 is 1.84 bits per heavy atom. The smallest absolute Gasteiger partial charge is 0.230 e. The molecule has 1 heterocycles. The molecule has 25 heavy (non-hydrogen) atoms. The van der Waals surface area contributed by atoms with Gasteiger partial charge in [0.2, 0.25) is 5.91 Å². The fraction of sp³-hybridized carbons (Fsp3) is 0.278. The quantitative estimate of drug-likeness (QED) is 0.590. The van der Waals surface area contributed by atoms with Gasteiger partial charge in [0, 0.05) is 0 Å². The predicted octanol–water partition coefficient (Wildman–Crippen LogP) is 4.77. The Balaban J connectivity index is 1.55. The van der Waals surface area contributed by atoms with Crippen molar-refractivity contribution >= 4 is 51.5 Å². The van der Waals surface area contributed by atoms with Gasteiger partial charge in [-0.05, 0) is 35.1 Å². The van der Waals surface area contributed by atoms with E-state index in [-0.39, 0.29) is 11.9 Å². The summed E-state index contributed by atoms with van der Waals surface area (Å²) in [4.78, 5) is 12.2. The minimum atomic E-state index is -0.0293. The summed E-state index contributed by atoms with van der Waals surface area (Å²) in [5.74, 6) is 1.33. The summed E-state index contributed by atoms with van der Waals surface area (Å²) in [6.45, 7) is 4.09. The van der Waals surface area contributed by atoms with E-state index in [1.54, 1.807) is 11.8 Å². The van der Waals surface area contributed by atoms with E-state index in [2.05, 4.69) is 52.8 Å². The van der Waals surface area contributed by atoms with Crippen LogP contribution in [0, 0.1) is 0 Å². The SMILES string of the molecule is CCSc1nnc(SCC(=O)NC(C)c2ccc3ccccc3c2)s1. The highest BCUT2D eigenvalue weighted by molar-refractivity contribution is 8.03. The zero-order chi connectivity index (χ0) is 17.6. The summed E-state index contributed by atoms with van der Waals surface area (Å²) in [6, 6.07) is 14.5. The van der Waals surface area contributed by atoms with Gasteiger partial charge in [0.1, 0.15) is 0 Å². The van der Waals surface area contributed by atoms with Crippen molar-refractivity contribution in [1.82, 2.24) is 15.5 Å². The van der Waals surface area contributed by atoms with E-state index < -0.39 is 0 Å². The molecule has 1 amide bonds. The molecule has 0 aliphatic heterocycles. The Hall–Kier alpha value is -1.57. The highest BCUT2D eigenvalue weighted by atomic mass is 32.2. The van der Waals surface area contributed by atoms with Crippen LogP contribution in [0.4, 0.5) is 0 Å². The van der Waals surface area contributed by atoms with Crippen molar-refractivity contribution in [3.63, 3.8) is 0 Å². The van der Waals surface area contributed by atoms with Gasteiger partial charge in [-0.2, -0.15) is 0 Å². The lowest BCUT2D eigenvalue weighted by Gasteiger charge is -2.14. The van der Waals surface area contributed by atoms with Crippen LogP contribution in [0.1, 0.15) is 25.5 Å². The number of aromatic nitrogens is 2. The molecule has 0 saturated heterocycles. The number of hydrogen-bond donors (Lipinski definition) is 1. The van der Waals surface area contributed by atoms with Gasteiger partial charge in [-0.3, -0.25) is 4.79 Å². The van der Waals surface area contributed by atoms with E-state index >= 15 is 0 Å². The van der Waals surface area contributed by atoms with Crippen molar-refractivity contribution < 1.29 is 4.79 Å². The average molecular weight is 390 g/mol. The maximum Gasteiger partial charge on any atom is 0.230 e. The van der Waals surface area contributed by atoms with Gasteiger partial charge >= 0.3 is 0 Å². The zero-order valence-electron chi connectivity index (χ0n) is 14.1. The molecule has 1 atom stereocenters. The number of benzene rings is 2. The Morgan fingerprint density at radius 1 is 1.12 bits per heavy atom. The van der Waals surface area contributed by atoms with Crippen LogP contribution < -0.4 is 5.32 Å². The van der Waals surface area contributed by atoms with Crippen LogP contribution >= 0.6 is 34.9 Å². The number of nitrogens with zero attached hydrogens (tertiary/aromatic N) is 2. The number of hydrogen-bond acceptors (Lipinski definition) is 6. The first-order chi connectivity index (χ1) is 12.2. The second-order valence-corrected chi connectivity index (χ2v) is 9.16. The monoisotopic (exact) mass is 389 g/mol. The van der Waals surface area contributed by atoms with Gasteiger partial charge in [0.15, 0.2) is 8.68 Å². The van der Waals surface area contributed by atoms with Crippen LogP contribution in [-0.2, 0) is 4.79 Å². The molecule has 0 bridgehead atoms. The molecule has 3 rings (SSSR count). The largest absolute Gasteiger partial charge is 0.349 e. The minimum absolute atomic E-state index is 0.00514. The summed E-state index contributed by atoms with van der Waals surface area (Å²) in [6.07, 6.45) is 0. The van der Waals surface area contributed by atoms with Crippen molar-refractivity contribution in [2.24, 2.45) is 0 Å². The van der Waals surface area contributed by atoms with Gasteiger partial charge in [0.05, 0.1) is 11.8 Å². The van der Waals surface area contributed by atoms with Gasteiger partial charge in [-0.15, -0.1) is 10.2 Å². The number of amides is 1. The van der Waals surface area contributed by atoms with Crippen molar-refractivity contribution in [3.05, 3.63) is 48.0 Å². The number of thioether (sulfide) groups is 2. The third kappa shape index (κ3) is 4.96. The highest BCUT2D eigenvalue weighted by Crippen LogP contribution is 2.28. The Bertz CT molecular complexity index is 865. The minimum Gasteiger partial charge on any atom is -0.349 e. The van der Waals surface area contributed by atoms with E-state index in [1.165, 1.54) is 33.9 Å². The molecule has 0 radical (unpaired) electrons. The van der Waals surface area contributed by atoms with Crippen LogP contribution in [0.3, 0.4) is 0 Å². The number of fused-ring (bicyclic) bond motifs is 1. The number of carbonyl (C=O) groups is 1. The van der Waals surface area contributed by atoms with E-state index in [0.29, 0.717) is 5.75 Å². The van der Waals surface area contributed by atoms with Crippen LogP contribution in [0.15, 0.2) is 51.1 Å². The zero-order valence-corrected chi connectivity index (χ0v) is 16.5. The Kier molecular flexibility index (Phi) is 6.34. The topological polar surface area (TPSA) is 54.9 Å². The number of rotatable bonds is 7. The Morgan fingerprint density at radius 3 is 2.60 bits per heavy atom. The third-order valence-corrected chi connectivity index (χ3v) is 6.71. The fourth-order valence-electron chi connectivity index (χ4n) is 2.41. The Labute approximate surface area is 159 Å². The molecule has 1 aromatic heterocycles. The normalized spacial score (nSPS) is 12.2. The summed E-state index contributed by atoms with van der Waals surface area (Å²) in [5.41, 5.74) is 1.11. The molecule has 3 aromatic rings. The predicted molar refractivity (Wildman–Crippen MR) is 108 cm³/mol. The first-order valence-corrected chi connectivity index (χ1v) is 10.8. The van der Waals surface area contributed by atoms with Gasteiger partial charge in [-0.1, -0.05) is 78.2 Å². The molecule has 0 aliphatic rings. The second kappa shape index (κ2) is 8.69. The molecule has 0 fully saturated rings. The van der Waals surface area contributed by atoms with E-state index in [1.807, 2.05) is 19.1 Å². The molecule has 1 unspecified atom stereocenters. The van der Waals surface area contributed by atoms with E-state index in [9.17, 15) is 4.79 Å². The fourth-order valence-corrected chi connectivity index (χ4v) is 5.14. The van der Waals surface area contributed by atoms with Crippen LogP contribution in [0.25, 0.3) is 10.8 Å². The molecule has 4 nitrogen and oxygen atoms in total. The van der Waals surface area contributed by atoms with Crippen LogP contribution in [-0.4, -0.2) is 27.6 Å². The number of nitrogens with one attached hydrogen (secondary N) is 1. The van der Waals surface area contributed by atoms with Crippen molar-refractivity contribution in [2.75, 3.05) is 11.5 Å². The van der Waals surface area contributed by atoms with E-state index in [0.717, 1.165) is 20.0 Å². The van der Waals surface area contributed by atoms with Gasteiger partial charge < -0.3 is 5.32 Å². The second-order valence-electron chi connectivity index (χ2n) is 5.45. The van der Waals surface area contributed by atoms with Crippen LogP contribution in [0.5, 0.6) is 0 Å². The molecule has 1 N–H and O–H groups in total. The summed E-state index contributed by atoms with van der Waals surface area (Å²) < 4.78 is 1.79. The maximum absolute atomic E-state index is 12.2.